The van der Waals surface area contributed by atoms with Crippen LogP contribution in [0.25, 0.3) is 0 Å². The second-order valence-corrected chi connectivity index (χ2v) is 1.34. The van der Waals surface area contributed by atoms with Gasteiger partial charge in [-0.2, -0.15) is 7.82 Å². The molecule has 0 radical (unpaired) electrons. The molecule has 0 aromatic rings. The molecule has 0 saturated heterocycles. The summed E-state index contributed by atoms with van der Waals surface area (Å²) in [6, 6.07) is 0. The molecule has 0 aromatic carbocycles. The zero-order valence-electron chi connectivity index (χ0n) is 6.53. The topological polar surface area (TPSA) is 116 Å². The van der Waals surface area contributed by atoms with Crippen LogP contribution < -0.4 is 198 Å². The Morgan fingerprint density at radius 3 is 0.900 bits per heavy atom. The predicted octanol–water partition coefficient (Wildman–Crippen LogP) is -15.0. The fraction of sp³-hybridized carbons (Fsp3) is 0. The van der Waals surface area contributed by atoms with Crippen molar-refractivity contribution in [3.05, 3.63) is 0 Å². The minimum atomic E-state index is -5.39. The van der Waals surface area contributed by atoms with Crippen molar-refractivity contribution >= 4 is 7.82 Å². The molecule has 0 spiro atoms. The van der Waals surface area contributed by atoms with Gasteiger partial charge in [-0.1, -0.05) is 0 Å². The number of hydrogen-bond acceptors (Lipinski definition) is 5. The van der Waals surface area contributed by atoms with Crippen LogP contribution in [0.5, 0.6) is 0 Å². The van der Waals surface area contributed by atoms with E-state index in [0.29, 0.717) is 0 Å². The SMILES string of the molecule is O=P([O-])([O-])[O-].[K+].[K+].[K+].[Na+].[OH-]. The first-order valence-corrected chi connectivity index (χ1v) is 2.19. The van der Waals surface area contributed by atoms with Gasteiger partial charge in [-0.15, -0.1) is 0 Å². The molecule has 0 rings (SSSR count). The van der Waals surface area contributed by atoms with Crippen molar-refractivity contribution in [1.82, 2.24) is 0 Å². The third kappa shape index (κ3) is 65.9. The fourth-order valence-corrected chi connectivity index (χ4v) is 0. The van der Waals surface area contributed by atoms with E-state index in [1.54, 1.807) is 0 Å². The summed E-state index contributed by atoms with van der Waals surface area (Å²) in [5.41, 5.74) is 0. The molecule has 0 heterocycles. The zero-order chi connectivity index (χ0) is 4.50. The van der Waals surface area contributed by atoms with Crippen LogP contribution in [0.2, 0.25) is 0 Å². The van der Waals surface area contributed by atoms with Gasteiger partial charge < -0.3 is 24.7 Å². The first-order valence-electron chi connectivity index (χ1n) is 0.730. The zero-order valence-corrected chi connectivity index (χ0v) is 18.8. The van der Waals surface area contributed by atoms with Gasteiger partial charge in [0.2, 0.25) is 0 Å². The summed E-state index contributed by atoms with van der Waals surface area (Å²) in [6.45, 7) is 0. The van der Waals surface area contributed by atoms with Crippen molar-refractivity contribution in [1.29, 1.82) is 0 Å². The van der Waals surface area contributed by atoms with E-state index in [1.165, 1.54) is 0 Å². The minimum absolute atomic E-state index is 0. The molecule has 10 heteroatoms. The van der Waals surface area contributed by atoms with Crippen molar-refractivity contribution in [2.45, 2.75) is 0 Å². The van der Waals surface area contributed by atoms with Crippen molar-refractivity contribution in [2.24, 2.45) is 0 Å². The average molecular weight is 252 g/mol. The maximum Gasteiger partial charge on any atom is 1.00 e. The smallest absolute Gasteiger partial charge is 0.870 e. The van der Waals surface area contributed by atoms with Crippen LogP contribution >= 0.6 is 7.82 Å². The van der Waals surface area contributed by atoms with Gasteiger partial charge in [0.1, 0.15) is 0 Å². The largest absolute Gasteiger partial charge is 1.00 e. The Morgan fingerprint density at radius 1 is 0.900 bits per heavy atom. The molecule has 0 fully saturated rings. The molecule has 0 aliphatic carbocycles. The van der Waals surface area contributed by atoms with Crippen LogP contribution in [0, 0.1) is 0 Å². The van der Waals surface area contributed by atoms with E-state index < -0.39 is 7.82 Å². The van der Waals surface area contributed by atoms with Crippen LogP contribution in [-0.4, -0.2) is 5.48 Å². The number of rotatable bonds is 0. The Kier molecular flexibility index (Phi) is 73.4. The first kappa shape index (κ1) is 36.0. The summed E-state index contributed by atoms with van der Waals surface area (Å²) in [6.07, 6.45) is 0. The van der Waals surface area contributed by atoms with Crippen LogP contribution in [-0.2, 0) is 4.57 Å². The van der Waals surface area contributed by atoms with Crippen molar-refractivity contribution in [2.75, 3.05) is 0 Å². The Hall–Kier alpha value is 5.98. The molecular formula is HK3NaO5P. The monoisotopic (exact) mass is 252 g/mol. The molecule has 10 heavy (non-hydrogen) atoms. The molecule has 0 atom stereocenters. The molecule has 0 amide bonds. The van der Waals surface area contributed by atoms with Gasteiger partial charge in [0.15, 0.2) is 0 Å². The molecule has 0 aromatic heterocycles. The maximum absolute atomic E-state index is 8.55. The molecule has 0 bridgehead atoms. The second kappa shape index (κ2) is 20.4. The Labute approximate surface area is 209 Å². The quantitative estimate of drug-likeness (QED) is 0.313. The Morgan fingerprint density at radius 2 is 0.900 bits per heavy atom. The van der Waals surface area contributed by atoms with E-state index in [9.17, 15) is 0 Å². The molecule has 0 aliphatic rings. The Bertz CT molecular complexity index is 63.0. The van der Waals surface area contributed by atoms with Crippen molar-refractivity contribution in [3.8, 4) is 0 Å². The van der Waals surface area contributed by atoms with E-state index in [2.05, 4.69) is 0 Å². The van der Waals surface area contributed by atoms with Crippen molar-refractivity contribution < 1.29 is 208 Å². The number of phosphoric acid groups is 1. The normalized spacial score (nSPS) is 5.90. The molecule has 0 aliphatic heterocycles. The molecule has 40 valence electrons. The van der Waals surface area contributed by atoms with Crippen LogP contribution in [0.3, 0.4) is 0 Å². The Balaban J connectivity index is -0.00000000800. The van der Waals surface area contributed by atoms with Crippen LogP contribution in [0.15, 0.2) is 0 Å². The van der Waals surface area contributed by atoms with Gasteiger partial charge in [-0.05, 0) is 0 Å². The van der Waals surface area contributed by atoms with Crippen molar-refractivity contribution in [3.63, 3.8) is 0 Å². The summed E-state index contributed by atoms with van der Waals surface area (Å²) in [5, 5.41) is 0. The average Bonchev–Trinajstić information content (AvgIpc) is 0.722. The van der Waals surface area contributed by atoms with Crippen LogP contribution in [0.4, 0.5) is 0 Å². The summed E-state index contributed by atoms with van der Waals surface area (Å²) in [7, 11) is -5.39. The van der Waals surface area contributed by atoms with Gasteiger partial charge in [0.05, 0.1) is 0 Å². The van der Waals surface area contributed by atoms with Gasteiger partial charge in [0, 0.05) is 0 Å². The van der Waals surface area contributed by atoms with Gasteiger partial charge in [-0.25, -0.2) is 0 Å². The first-order chi connectivity index (χ1) is 2.00. The third-order valence-electron chi connectivity index (χ3n) is 0. The van der Waals surface area contributed by atoms with Gasteiger partial charge in [0.25, 0.3) is 0 Å². The summed E-state index contributed by atoms with van der Waals surface area (Å²) >= 11 is 0. The minimum Gasteiger partial charge on any atom is -0.870 e. The predicted molar refractivity (Wildman–Crippen MR) is 9.54 cm³/mol. The molecule has 5 nitrogen and oxygen atoms in total. The summed E-state index contributed by atoms with van der Waals surface area (Å²) in [5.74, 6) is 0. The molecule has 0 unspecified atom stereocenters. The van der Waals surface area contributed by atoms with Gasteiger partial charge in [-0.3, -0.25) is 0 Å². The standard InChI is InChI=1S/3K.Na.H3O4P.H2O/c;;;;1-5(2,3)4;/h;;;;(H3,1,2,3,4);1H2/q4*+1;;/p-4. The summed E-state index contributed by atoms with van der Waals surface area (Å²) in [4.78, 5) is 25.6. The third-order valence-corrected chi connectivity index (χ3v) is 0. The molecule has 0 saturated carbocycles. The second-order valence-electron chi connectivity index (χ2n) is 0.447. The van der Waals surface area contributed by atoms with Gasteiger partial charge >= 0.3 is 184 Å². The van der Waals surface area contributed by atoms with E-state index >= 15 is 0 Å². The van der Waals surface area contributed by atoms with E-state index in [4.69, 9.17) is 19.2 Å². The fourth-order valence-electron chi connectivity index (χ4n) is 0. The van der Waals surface area contributed by atoms with E-state index in [0.717, 1.165) is 0 Å². The van der Waals surface area contributed by atoms with E-state index in [-0.39, 0.29) is 189 Å². The summed E-state index contributed by atoms with van der Waals surface area (Å²) < 4.78 is 8.55. The molecule has 1 N–H and O–H groups in total. The maximum atomic E-state index is 8.55. The number of hydrogen-bond donors (Lipinski definition) is 0. The van der Waals surface area contributed by atoms with Crippen LogP contribution in [0.1, 0.15) is 0 Å². The van der Waals surface area contributed by atoms with E-state index in [1.807, 2.05) is 0 Å². The molecular weight excluding hydrogens is 251 g/mol.